The molecule has 4 aromatic carbocycles. The number of Topliss-reactive ketones (excluding diaryl/α,β-unsaturated/α-hetero) is 1. The topological polar surface area (TPSA) is 104 Å². The lowest BCUT2D eigenvalue weighted by molar-refractivity contribution is 0.105. The molecular formula is C26H17NO5S. The number of benzene rings is 4. The van der Waals surface area contributed by atoms with Crippen LogP contribution < -0.4 is 0 Å². The highest BCUT2D eigenvalue weighted by molar-refractivity contribution is 7.90. The van der Waals surface area contributed by atoms with Crippen LogP contribution in [0.15, 0.2) is 100 Å². The minimum absolute atomic E-state index is 0.0659. The van der Waals surface area contributed by atoms with Crippen LogP contribution in [-0.4, -0.2) is 30.1 Å². The Morgan fingerprint density at radius 2 is 1.39 bits per heavy atom. The van der Waals surface area contributed by atoms with E-state index in [9.17, 15) is 23.4 Å². The number of phenolic OH excluding ortho intramolecular Hbond substituents is 2. The molecule has 1 aliphatic rings. The second-order valence-corrected chi connectivity index (χ2v) is 9.16. The van der Waals surface area contributed by atoms with Crippen LogP contribution in [0.4, 0.5) is 0 Å². The van der Waals surface area contributed by atoms with Crippen LogP contribution in [0.5, 0.6) is 11.5 Å². The number of ketones is 1. The van der Waals surface area contributed by atoms with Gasteiger partial charge in [0.05, 0.1) is 10.6 Å². The molecule has 0 atom stereocenters. The van der Waals surface area contributed by atoms with Crippen LogP contribution >= 0.6 is 0 Å². The standard InChI is InChI=1S/C26H17NO5S/c28-17-10-12-18(13-11-17)33(31,32)27-23-15-22(26(30)21-8-4-3-7-20(21)23)25-19-6-2-1-5-16(19)9-14-24(25)29/h1-15,28-29H/b27-23+. The fourth-order valence-electron chi connectivity index (χ4n) is 3.93. The molecule has 7 heteroatoms. The van der Waals surface area contributed by atoms with Crippen LogP contribution in [0.25, 0.3) is 16.3 Å². The van der Waals surface area contributed by atoms with Gasteiger partial charge in [-0.05, 0) is 47.2 Å². The number of carbonyl (C=O) groups is 1. The lowest BCUT2D eigenvalue weighted by Crippen LogP contribution is -2.18. The van der Waals surface area contributed by atoms with E-state index in [4.69, 9.17) is 0 Å². The number of fused-ring (bicyclic) bond motifs is 2. The summed E-state index contributed by atoms with van der Waals surface area (Å²) in [5, 5.41) is 21.6. The van der Waals surface area contributed by atoms with Crippen molar-refractivity contribution < 1.29 is 23.4 Å². The first kappa shape index (κ1) is 20.7. The summed E-state index contributed by atoms with van der Waals surface area (Å²) >= 11 is 0. The summed E-state index contributed by atoms with van der Waals surface area (Å²) in [6.07, 6.45) is 1.41. The molecule has 0 saturated carbocycles. The van der Waals surface area contributed by atoms with E-state index in [2.05, 4.69) is 4.40 Å². The number of carbonyl (C=O) groups excluding carboxylic acids is 1. The predicted octanol–water partition coefficient (Wildman–Crippen LogP) is 4.71. The van der Waals surface area contributed by atoms with E-state index >= 15 is 0 Å². The predicted molar refractivity (Wildman–Crippen MR) is 126 cm³/mol. The van der Waals surface area contributed by atoms with Gasteiger partial charge in [-0.3, -0.25) is 4.79 Å². The van der Waals surface area contributed by atoms with Crippen molar-refractivity contribution in [3.63, 3.8) is 0 Å². The molecule has 0 bridgehead atoms. The Hall–Kier alpha value is -4.23. The summed E-state index contributed by atoms with van der Waals surface area (Å²) in [4.78, 5) is 13.3. The van der Waals surface area contributed by atoms with Gasteiger partial charge in [-0.25, -0.2) is 0 Å². The van der Waals surface area contributed by atoms with Crippen LogP contribution in [0, 0.1) is 0 Å². The van der Waals surface area contributed by atoms with Crippen LogP contribution in [0.2, 0.25) is 0 Å². The largest absolute Gasteiger partial charge is 0.508 e. The van der Waals surface area contributed by atoms with E-state index in [1.165, 1.54) is 36.4 Å². The van der Waals surface area contributed by atoms with Gasteiger partial charge in [0.2, 0.25) is 0 Å². The number of sulfonamides is 1. The molecular weight excluding hydrogens is 438 g/mol. The number of phenols is 2. The van der Waals surface area contributed by atoms with Gasteiger partial charge in [-0.2, -0.15) is 12.8 Å². The van der Waals surface area contributed by atoms with Crippen molar-refractivity contribution >= 4 is 37.9 Å². The second kappa shape index (κ2) is 7.72. The Morgan fingerprint density at radius 3 is 2.15 bits per heavy atom. The van der Waals surface area contributed by atoms with Crippen LogP contribution in [0.3, 0.4) is 0 Å². The smallest absolute Gasteiger partial charge is 0.282 e. The first-order chi connectivity index (χ1) is 15.8. The number of hydrogen-bond acceptors (Lipinski definition) is 5. The van der Waals surface area contributed by atoms with Crippen molar-refractivity contribution in [2.24, 2.45) is 4.40 Å². The van der Waals surface area contributed by atoms with Crippen molar-refractivity contribution in [3.8, 4) is 11.5 Å². The zero-order valence-electron chi connectivity index (χ0n) is 17.1. The molecule has 0 radical (unpaired) electrons. The van der Waals surface area contributed by atoms with Crippen LogP contribution in [0.1, 0.15) is 21.5 Å². The van der Waals surface area contributed by atoms with Gasteiger partial charge in [-0.1, -0.05) is 54.6 Å². The van der Waals surface area contributed by atoms with Crippen LogP contribution in [-0.2, 0) is 10.0 Å². The van der Waals surface area contributed by atoms with E-state index in [1.807, 2.05) is 12.1 Å². The summed E-state index contributed by atoms with van der Waals surface area (Å²) in [5.41, 5.74) is 1.24. The molecule has 0 aromatic heterocycles. The van der Waals surface area contributed by atoms with E-state index in [1.54, 1.807) is 42.5 Å². The number of hydrogen-bond donors (Lipinski definition) is 2. The molecule has 6 nitrogen and oxygen atoms in total. The molecule has 0 aliphatic heterocycles. The zero-order chi connectivity index (χ0) is 23.2. The number of allylic oxidation sites excluding steroid dienone is 2. The van der Waals surface area contributed by atoms with E-state index in [0.29, 0.717) is 22.1 Å². The van der Waals surface area contributed by atoms with Crippen molar-refractivity contribution in [2.75, 3.05) is 0 Å². The molecule has 4 aromatic rings. The van der Waals surface area contributed by atoms with Crippen molar-refractivity contribution in [1.29, 1.82) is 0 Å². The monoisotopic (exact) mass is 455 g/mol. The molecule has 162 valence electrons. The third-order valence-corrected chi connectivity index (χ3v) is 6.81. The highest BCUT2D eigenvalue weighted by Crippen LogP contribution is 2.37. The fraction of sp³-hybridized carbons (Fsp3) is 0. The SMILES string of the molecule is O=C1C(c2c(O)ccc3ccccc23)=C/C(=N\S(=O)(=O)c2ccc(O)cc2)c2ccccc21. The maximum atomic E-state index is 13.4. The number of aromatic hydroxyl groups is 2. The van der Waals surface area contributed by atoms with E-state index in [-0.39, 0.29) is 33.5 Å². The lowest BCUT2D eigenvalue weighted by Gasteiger charge is -2.19. The summed E-state index contributed by atoms with van der Waals surface area (Å²) in [6.45, 7) is 0. The summed E-state index contributed by atoms with van der Waals surface area (Å²) in [6, 6.07) is 22.3. The molecule has 0 amide bonds. The summed E-state index contributed by atoms with van der Waals surface area (Å²) in [7, 11) is -4.14. The molecule has 0 fully saturated rings. The molecule has 2 N–H and O–H groups in total. The van der Waals surface area contributed by atoms with E-state index in [0.717, 1.165) is 5.39 Å². The van der Waals surface area contributed by atoms with E-state index < -0.39 is 10.0 Å². The third kappa shape index (κ3) is 3.58. The van der Waals surface area contributed by atoms with Crippen molar-refractivity contribution in [3.05, 3.63) is 108 Å². The van der Waals surface area contributed by atoms with Gasteiger partial charge in [0.25, 0.3) is 10.0 Å². The first-order valence-corrected chi connectivity index (χ1v) is 11.5. The Kier molecular flexibility index (Phi) is 4.83. The molecule has 1 aliphatic carbocycles. The molecule has 0 unspecified atom stereocenters. The summed E-state index contributed by atoms with van der Waals surface area (Å²) < 4.78 is 30.0. The number of rotatable bonds is 3. The Morgan fingerprint density at radius 1 is 0.727 bits per heavy atom. The molecule has 33 heavy (non-hydrogen) atoms. The van der Waals surface area contributed by atoms with Gasteiger partial charge >= 0.3 is 0 Å². The van der Waals surface area contributed by atoms with Gasteiger partial charge in [0.1, 0.15) is 11.5 Å². The Bertz CT molecular complexity index is 1600. The van der Waals surface area contributed by atoms with Gasteiger partial charge < -0.3 is 10.2 Å². The van der Waals surface area contributed by atoms with Gasteiger partial charge in [-0.15, -0.1) is 0 Å². The zero-order valence-corrected chi connectivity index (χ0v) is 18.0. The first-order valence-electron chi connectivity index (χ1n) is 10.1. The Labute approximate surface area is 189 Å². The van der Waals surface area contributed by atoms with Gasteiger partial charge in [0, 0.05) is 22.3 Å². The quantitative estimate of drug-likeness (QED) is 0.466. The van der Waals surface area contributed by atoms with Gasteiger partial charge in [0.15, 0.2) is 5.78 Å². The molecule has 0 spiro atoms. The molecule has 0 heterocycles. The minimum Gasteiger partial charge on any atom is -0.508 e. The Balaban J connectivity index is 1.77. The third-order valence-electron chi connectivity index (χ3n) is 5.50. The van der Waals surface area contributed by atoms with Crippen molar-refractivity contribution in [2.45, 2.75) is 4.90 Å². The molecule has 5 rings (SSSR count). The average molecular weight is 455 g/mol. The highest BCUT2D eigenvalue weighted by atomic mass is 32.2. The minimum atomic E-state index is -4.14. The maximum Gasteiger partial charge on any atom is 0.282 e. The molecule has 0 saturated heterocycles. The number of nitrogens with zero attached hydrogens (tertiary/aromatic N) is 1. The summed E-state index contributed by atoms with van der Waals surface area (Å²) in [5.74, 6) is -0.490. The average Bonchev–Trinajstić information content (AvgIpc) is 2.81. The van der Waals surface area contributed by atoms with Crippen molar-refractivity contribution in [1.82, 2.24) is 0 Å². The normalized spacial score (nSPS) is 14.8. The lowest BCUT2D eigenvalue weighted by atomic mass is 9.84. The highest BCUT2D eigenvalue weighted by Gasteiger charge is 2.29. The second-order valence-electron chi connectivity index (χ2n) is 7.56. The fourth-order valence-corrected chi connectivity index (χ4v) is 4.93. The maximum absolute atomic E-state index is 13.4.